The molecule has 0 aliphatic carbocycles. The summed E-state index contributed by atoms with van der Waals surface area (Å²) in [7, 11) is 0. The van der Waals surface area contributed by atoms with Gasteiger partial charge in [0.1, 0.15) is 6.54 Å². The number of hydrogen-bond donors (Lipinski definition) is 1. The van der Waals surface area contributed by atoms with E-state index in [1.54, 1.807) is 31.2 Å². The standard InChI is InChI=1S/C20H28N4O4/c1-2-23-19(26)16-7-3-4-8-17(16)24(20(23)27)15-18(25)21-9-5-6-10-22-11-13-28-14-12-22/h3-4,7-8H,2,5-6,9-15H2,1H3,(H,21,25). The molecule has 28 heavy (non-hydrogen) atoms. The summed E-state index contributed by atoms with van der Waals surface area (Å²) in [5, 5.41) is 3.33. The van der Waals surface area contributed by atoms with Gasteiger partial charge in [-0.3, -0.25) is 23.6 Å². The van der Waals surface area contributed by atoms with Gasteiger partial charge in [0.05, 0.1) is 24.1 Å². The largest absolute Gasteiger partial charge is 0.379 e. The number of rotatable bonds is 8. The Bertz CT molecular complexity index is 928. The van der Waals surface area contributed by atoms with Crippen LogP contribution in [0.1, 0.15) is 19.8 Å². The molecule has 1 aromatic heterocycles. The Morgan fingerprint density at radius 2 is 1.86 bits per heavy atom. The first-order valence-corrected chi connectivity index (χ1v) is 9.91. The summed E-state index contributed by atoms with van der Waals surface area (Å²) in [6.07, 6.45) is 1.89. The van der Waals surface area contributed by atoms with Crippen molar-refractivity contribution in [3.63, 3.8) is 0 Å². The number of amides is 1. The summed E-state index contributed by atoms with van der Waals surface area (Å²) in [6.45, 7) is 7.02. The highest BCUT2D eigenvalue weighted by atomic mass is 16.5. The Morgan fingerprint density at radius 3 is 2.61 bits per heavy atom. The van der Waals surface area contributed by atoms with Crippen LogP contribution in [-0.2, 0) is 22.6 Å². The average molecular weight is 388 g/mol. The number of nitrogens with one attached hydrogen (secondary N) is 1. The number of carbonyl (C=O) groups excluding carboxylic acids is 1. The molecule has 1 N–H and O–H groups in total. The van der Waals surface area contributed by atoms with Gasteiger partial charge in [-0.1, -0.05) is 12.1 Å². The number of unbranched alkanes of at least 4 members (excludes halogenated alkanes) is 1. The predicted octanol–water partition coefficient (Wildman–Crippen LogP) is 0.412. The van der Waals surface area contributed by atoms with E-state index in [0.29, 0.717) is 17.4 Å². The minimum absolute atomic E-state index is 0.0942. The number of carbonyl (C=O) groups is 1. The fourth-order valence-corrected chi connectivity index (χ4v) is 3.52. The highest BCUT2D eigenvalue weighted by molar-refractivity contribution is 5.81. The van der Waals surface area contributed by atoms with Gasteiger partial charge in [-0.25, -0.2) is 4.79 Å². The van der Waals surface area contributed by atoms with E-state index in [9.17, 15) is 14.4 Å². The molecule has 1 fully saturated rings. The van der Waals surface area contributed by atoms with E-state index in [1.807, 2.05) is 0 Å². The molecule has 1 amide bonds. The Kier molecular flexibility index (Phi) is 7.00. The van der Waals surface area contributed by atoms with Crippen LogP contribution in [-0.4, -0.2) is 59.3 Å². The Hall–Kier alpha value is -2.45. The van der Waals surface area contributed by atoms with Gasteiger partial charge < -0.3 is 10.1 Å². The van der Waals surface area contributed by atoms with E-state index in [0.717, 1.165) is 50.3 Å². The molecule has 0 unspecified atom stereocenters. The zero-order valence-corrected chi connectivity index (χ0v) is 16.4. The summed E-state index contributed by atoms with van der Waals surface area (Å²) in [6, 6.07) is 6.90. The number of aromatic nitrogens is 2. The molecule has 3 rings (SSSR count). The molecular weight excluding hydrogens is 360 g/mol. The van der Waals surface area contributed by atoms with Crippen molar-refractivity contribution < 1.29 is 9.53 Å². The van der Waals surface area contributed by atoms with Crippen LogP contribution in [0.5, 0.6) is 0 Å². The predicted molar refractivity (Wildman–Crippen MR) is 108 cm³/mol. The van der Waals surface area contributed by atoms with Crippen LogP contribution in [0.25, 0.3) is 10.9 Å². The second-order valence-corrected chi connectivity index (χ2v) is 6.95. The van der Waals surface area contributed by atoms with Crippen LogP contribution in [0, 0.1) is 0 Å². The molecule has 0 bridgehead atoms. The zero-order valence-electron chi connectivity index (χ0n) is 16.4. The van der Waals surface area contributed by atoms with Crippen molar-refractivity contribution in [2.45, 2.75) is 32.9 Å². The average Bonchev–Trinajstić information content (AvgIpc) is 2.72. The summed E-state index contributed by atoms with van der Waals surface area (Å²) in [5.74, 6) is -0.222. The third-order valence-corrected chi connectivity index (χ3v) is 5.08. The molecule has 0 atom stereocenters. The Balaban J connectivity index is 1.58. The fourth-order valence-electron chi connectivity index (χ4n) is 3.52. The SMILES string of the molecule is CCn1c(=O)c2ccccc2n(CC(=O)NCCCCN2CCOCC2)c1=O. The minimum atomic E-state index is -0.450. The minimum Gasteiger partial charge on any atom is -0.379 e. The van der Waals surface area contributed by atoms with Gasteiger partial charge in [-0.15, -0.1) is 0 Å². The lowest BCUT2D eigenvalue weighted by molar-refractivity contribution is -0.121. The van der Waals surface area contributed by atoms with Crippen molar-refractivity contribution in [2.75, 3.05) is 39.4 Å². The number of benzene rings is 1. The number of hydrogen-bond acceptors (Lipinski definition) is 5. The van der Waals surface area contributed by atoms with Crippen LogP contribution in [0.2, 0.25) is 0 Å². The highest BCUT2D eigenvalue weighted by Gasteiger charge is 2.14. The van der Waals surface area contributed by atoms with E-state index >= 15 is 0 Å². The van der Waals surface area contributed by atoms with Crippen molar-refractivity contribution in [3.8, 4) is 0 Å². The van der Waals surface area contributed by atoms with Crippen molar-refractivity contribution in [1.82, 2.24) is 19.4 Å². The van der Waals surface area contributed by atoms with Crippen LogP contribution >= 0.6 is 0 Å². The fraction of sp³-hybridized carbons (Fsp3) is 0.550. The zero-order chi connectivity index (χ0) is 19.9. The van der Waals surface area contributed by atoms with Crippen LogP contribution in [0.3, 0.4) is 0 Å². The van der Waals surface area contributed by atoms with Gasteiger partial charge in [0, 0.05) is 26.2 Å². The normalized spacial score (nSPS) is 15.0. The van der Waals surface area contributed by atoms with E-state index in [4.69, 9.17) is 4.74 Å². The van der Waals surface area contributed by atoms with Crippen LogP contribution in [0.15, 0.2) is 33.9 Å². The molecule has 2 heterocycles. The number of morpholine rings is 1. The van der Waals surface area contributed by atoms with Crippen LogP contribution < -0.4 is 16.6 Å². The van der Waals surface area contributed by atoms with Gasteiger partial charge in [0.15, 0.2) is 0 Å². The molecular formula is C20H28N4O4. The molecule has 0 spiro atoms. The molecule has 1 aliphatic rings. The Morgan fingerprint density at radius 1 is 1.11 bits per heavy atom. The number of nitrogens with zero attached hydrogens (tertiary/aromatic N) is 3. The van der Waals surface area contributed by atoms with Gasteiger partial charge >= 0.3 is 5.69 Å². The summed E-state index contributed by atoms with van der Waals surface area (Å²) < 4.78 is 7.87. The van der Waals surface area contributed by atoms with Crippen molar-refractivity contribution in [2.24, 2.45) is 0 Å². The molecule has 0 saturated carbocycles. The van der Waals surface area contributed by atoms with E-state index in [-0.39, 0.29) is 24.6 Å². The van der Waals surface area contributed by atoms with Crippen molar-refractivity contribution in [3.05, 3.63) is 45.1 Å². The summed E-state index contributed by atoms with van der Waals surface area (Å²) in [5.41, 5.74) is -0.277. The first kappa shape index (κ1) is 20.3. The number of fused-ring (bicyclic) bond motifs is 1. The van der Waals surface area contributed by atoms with E-state index in [1.165, 1.54) is 4.57 Å². The quantitative estimate of drug-likeness (QED) is 0.662. The first-order chi connectivity index (χ1) is 13.6. The maximum absolute atomic E-state index is 12.7. The molecule has 1 saturated heterocycles. The number of ether oxygens (including phenoxy) is 1. The first-order valence-electron chi connectivity index (χ1n) is 9.91. The molecule has 0 radical (unpaired) electrons. The maximum atomic E-state index is 12.7. The lowest BCUT2D eigenvalue weighted by Gasteiger charge is -2.26. The van der Waals surface area contributed by atoms with E-state index in [2.05, 4.69) is 10.2 Å². The number of para-hydroxylation sites is 1. The monoisotopic (exact) mass is 388 g/mol. The van der Waals surface area contributed by atoms with Gasteiger partial charge in [0.25, 0.3) is 5.56 Å². The molecule has 8 nitrogen and oxygen atoms in total. The summed E-state index contributed by atoms with van der Waals surface area (Å²) in [4.78, 5) is 39.8. The second-order valence-electron chi connectivity index (χ2n) is 6.95. The molecule has 2 aromatic rings. The maximum Gasteiger partial charge on any atom is 0.331 e. The molecule has 1 aromatic carbocycles. The molecule has 8 heteroatoms. The summed E-state index contributed by atoms with van der Waals surface area (Å²) >= 11 is 0. The highest BCUT2D eigenvalue weighted by Crippen LogP contribution is 2.07. The molecule has 152 valence electrons. The topological polar surface area (TPSA) is 85.6 Å². The van der Waals surface area contributed by atoms with Gasteiger partial charge in [0.2, 0.25) is 5.91 Å². The smallest absolute Gasteiger partial charge is 0.331 e. The lowest BCUT2D eigenvalue weighted by Crippen LogP contribution is -2.42. The van der Waals surface area contributed by atoms with Crippen LogP contribution in [0.4, 0.5) is 0 Å². The third-order valence-electron chi connectivity index (χ3n) is 5.08. The van der Waals surface area contributed by atoms with Gasteiger partial charge in [-0.05, 0) is 38.4 Å². The second kappa shape index (κ2) is 9.66. The molecule has 1 aliphatic heterocycles. The van der Waals surface area contributed by atoms with Crippen molar-refractivity contribution >= 4 is 16.8 Å². The lowest BCUT2D eigenvalue weighted by atomic mass is 10.2. The van der Waals surface area contributed by atoms with E-state index < -0.39 is 5.69 Å². The third kappa shape index (κ3) is 4.69. The Labute approximate surface area is 163 Å². The van der Waals surface area contributed by atoms with Crippen molar-refractivity contribution in [1.29, 1.82) is 0 Å². The van der Waals surface area contributed by atoms with Gasteiger partial charge in [-0.2, -0.15) is 0 Å².